The Hall–Kier alpha value is -1.77. The first-order valence-corrected chi connectivity index (χ1v) is 8.45. The molecule has 9 heteroatoms. The van der Waals surface area contributed by atoms with Gasteiger partial charge in [-0.3, -0.25) is 0 Å². The van der Waals surface area contributed by atoms with E-state index in [0.717, 1.165) is 35.4 Å². The normalized spacial score (nSPS) is 17.9. The second kappa shape index (κ2) is 6.38. The van der Waals surface area contributed by atoms with E-state index in [-0.39, 0.29) is 6.10 Å². The van der Waals surface area contributed by atoms with Crippen LogP contribution in [0.5, 0.6) is 0 Å². The van der Waals surface area contributed by atoms with E-state index in [4.69, 9.17) is 16.3 Å². The number of nitrogens with zero attached hydrogens (tertiary/aromatic N) is 6. The zero-order valence-corrected chi connectivity index (χ0v) is 13.7. The lowest BCUT2D eigenvalue weighted by atomic mass is 10.2. The first-order chi connectivity index (χ1) is 11.3. The van der Waals surface area contributed by atoms with E-state index in [2.05, 4.69) is 25.5 Å². The van der Waals surface area contributed by atoms with Gasteiger partial charge in [-0.25, -0.2) is 14.6 Å². The van der Waals surface area contributed by atoms with Crippen LogP contribution in [0.15, 0.2) is 34.7 Å². The molecule has 1 atom stereocenters. The molecule has 0 N–H and O–H groups in total. The van der Waals surface area contributed by atoms with Crippen molar-refractivity contribution in [2.75, 3.05) is 6.61 Å². The summed E-state index contributed by atoms with van der Waals surface area (Å²) < 4.78 is 7.42. The molecular formula is C14H13ClN6OS. The summed E-state index contributed by atoms with van der Waals surface area (Å²) in [7, 11) is 0. The van der Waals surface area contributed by atoms with Crippen LogP contribution < -0.4 is 0 Å². The molecule has 0 aliphatic carbocycles. The second-order valence-corrected chi connectivity index (χ2v) is 6.61. The van der Waals surface area contributed by atoms with Crippen LogP contribution in [0.1, 0.15) is 12.8 Å². The van der Waals surface area contributed by atoms with E-state index in [9.17, 15) is 0 Å². The lowest BCUT2D eigenvalue weighted by Crippen LogP contribution is -2.16. The molecule has 3 aromatic rings. The van der Waals surface area contributed by atoms with E-state index in [1.807, 2.05) is 18.2 Å². The average Bonchev–Trinajstić information content (AvgIpc) is 3.20. The Labute approximate surface area is 141 Å². The van der Waals surface area contributed by atoms with Gasteiger partial charge in [0.2, 0.25) is 5.16 Å². The van der Waals surface area contributed by atoms with Crippen LogP contribution >= 0.6 is 23.4 Å². The number of benzene rings is 1. The highest BCUT2D eigenvalue weighted by atomic mass is 35.5. The zero-order valence-electron chi connectivity index (χ0n) is 12.1. The quantitative estimate of drug-likeness (QED) is 0.670. The molecule has 1 aromatic carbocycles. The van der Waals surface area contributed by atoms with Gasteiger partial charge in [0.05, 0.1) is 18.2 Å². The smallest absolute Gasteiger partial charge is 0.215 e. The van der Waals surface area contributed by atoms with Crippen LogP contribution in [-0.2, 0) is 11.3 Å². The standard InChI is InChI=1S/C14H13ClN6OS/c15-9-3-4-11-12(6-9)16-8-17-13(11)23-14-18-19-20-21(14)7-10-2-1-5-22-10/h3-4,6,8,10H,1-2,5,7H2. The minimum atomic E-state index is 0.179. The highest BCUT2D eigenvalue weighted by molar-refractivity contribution is 7.99. The molecule has 0 amide bonds. The molecule has 2 aromatic heterocycles. The number of hydrogen-bond acceptors (Lipinski definition) is 7. The summed E-state index contributed by atoms with van der Waals surface area (Å²) in [6.45, 7) is 1.47. The molecule has 1 unspecified atom stereocenters. The maximum Gasteiger partial charge on any atom is 0.215 e. The molecule has 4 rings (SSSR count). The Kier molecular flexibility index (Phi) is 4.11. The Morgan fingerprint density at radius 3 is 3.17 bits per heavy atom. The van der Waals surface area contributed by atoms with Crippen molar-refractivity contribution in [2.24, 2.45) is 0 Å². The fourth-order valence-electron chi connectivity index (χ4n) is 2.54. The van der Waals surface area contributed by atoms with E-state index in [1.54, 1.807) is 4.68 Å². The number of rotatable bonds is 4. The third-order valence-corrected chi connectivity index (χ3v) is 4.88. The molecule has 7 nitrogen and oxygen atoms in total. The molecule has 1 aliphatic rings. The van der Waals surface area contributed by atoms with Gasteiger partial charge in [0.15, 0.2) is 0 Å². The topological polar surface area (TPSA) is 78.6 Å². The van der Waals surface area contributed by atoms with Gasteiger partial charge in [0.1, 0.15) is 11.4 Å². The summed E-state index contributed by atoms with van der Waals surface area (Å²) in [5.41, 5.74) is 0.799. The number of aromatic nitrogens is 6. The van der Waals surface area contributed by atoms with Gasteiger partial charge in [-0.2, -0.15) is 0 Å². The fraction of sp³-hybridized carbons (Fsp3) is 0.357. The van der Waals surface area contributed by atoms with Crippen molar-refractivity contribution in [3.05, 3.63) is 29.5 Å². The lowest BCUT2D eigenvalue weighted by Gasteiger charge is -2.10. The summed E-state index contributed by atoms with van der Waals surface area (Å²) in [6, 6.07) is 5.55. The maximum absolute atomic E-state index is 6.02. The Balaban J connectivity index is 1.62. The van der Waals surface area contributed by atoms with Crippen LogP contribution in [0.3, 0.4) is 0 Å². The first-order valence-electron chi connectivity index (χ1n) is 7.25. The molecule has 1 fully saturated rings. The molecule has 0 radical (unpaired) electrons. The van der Waals surface area contributed by atoms with Crippen LogP contribution in [0.25, 0.3) is 10.9 Å². The average molecular weight is 349 g/mol. The molecule has 0 spiro atoms. The van der Waals surface area contributed by atoms with E-state index < -0.39 is 0 Å². The number of hydrogen-bond donors (Lipinski definition) is 0. The summed E-state index contributed by atoms with van der Waals surface area (Å²) in [4.78, 5) is 8.60. The third-order valence-electron chi connectivity index (χ3n) is 3.65. The minimum absolute atomic E-state index is 0.179. The van der Waals surface area contributed by atoms with Gasteiger partial charge in [0.25, 0.3) is 0 Å². The molecular weight excluding hydrogens is 336 g/mol. The molecule has 118 valence electrons. The highest BCUT2D eigenvalue weighted by Gasteiger charge is 2.20. The summed E-state index contributed by atoms with van der Waals surface area (Å²) in [5.74, 6) is 0. The molecule has 0 saturated carbocycles. The van der Waals surface area contributed by atoms with Crippen LogP contribution in [-0.4, -0.2) is 42.9 Å². The van der Waals surface area contributed by atoms with Crippen molar-refractivity contribution in [2.45, 2.75) is 35.7 Å². The van der Waals surface area contributed by atoms with Crippen molar-refractivity contribution >= 4 is 34.3 Å². The van der Waals surface area contributed by atoms with Crippen LogP contribution in [0.4, 0.5) is 0 Å². The predicted molar refractivity (Wildman–Crippen MR) is 85.5 cm³/mol. The molecule has 1 aliphatic heterocycles. The molecule has 0 bridgehead atoms. The van der Waals surface area contributed by atoms with Gasteiger partial charge in [-0.05, 0) is 53.2 Å². The zero-order chi connectivity index (χ0) is 15.6. The van der Waals surface area contributed by atoms with Crippen molar-refractivity contribution in [3.63, 3.8) is 0 Å². The SMILES string of the molecule is Clc1ccc2c(Sc3nnnn3CC3CCCO3)ncnc2c1. The van der Waals surface area contributed by atoms with Gasteiger partial charge < -0.3 is 4.74 Å². The summed E-state index contributed by atoms with van der Waals surface area (Å²) >= 11 is 7.43. The van der Waals surface area contributed by atoms with E-state index >= 15 is 0 Å². The van der Waals surface area contributed by atoms with Gasteiger partial charge in [0, 0.05) is 17.0 Å². The fourth-order valence-corrected chi connectivity index (χ4v) is 3.55. The van der Waals surface area contributed by atoms with Crippen molar-refractivity contribution in [1.82, 2.24) is 30.2 Å². The van der Waals surface area contributed by atoms with E-state index in [1.165, 1.54) is 18.1 Å². The van der Waals surface area contributed by atoms with Crippen molar-refractivity contribution < 1.29 is 4.74 Å². The third kappa shape index (κ3) is 3.15. The lowest BCUT2D eigenvalue weighted by molar-refractivity contribution is 0.0912. The molecule has 23 heavy (non-hydrogen) atoms. The van der Waals surface area contributed by atoms with Crippen LogP contribution in [0, 0.1) is 0 Å². The minimum Gasteiger partial charge on any atom is -0.376 e. The van der Waals surface area contributed by atoms with Gasteiger partial charge in [-0.15, -0.1) is 5.10 Å². The number of fused-ring (bicyclic) bond motifs is 1. The summed E-state index contributed by atoms with van der Waals surface area (Å²) in [5, 5.41) is 15.0. The first kappa shape index (κ1) is 14.8. The largest absolute Gasteiger partial charge is 0.376 e. The predicted octanol–water partition coefficient (Wildman–Crippen LogP) is 2.60. The van der Waals surface area contributed by atoms with Crippen molar-refractivity contribution in [1.29, 1.82) is 0 Å². The Bertz CT molecular complexity index is 835. The number of ether oxygens (including phenoxy) is 1. The Morgan fingerprint density at radius 2 is 2.30 bits per heavy atom. The molecule has 1 saturated heterocycles. The number of tetrazole rings is 1. The maximum atomic E-state index is 6.02. The molecule has 3 heterocycles. The van der Waals surface area contributed by atoms with E-state index in [0.29, 0.717) is 16.7 Å². The van der Waals surface area contributed by atoms with Gasteiger partial charge >= 0.3 is 0 Å². The van der Waals surface area contributed by atoms with Crippen LogP contribution in [0.2, 0.25) is 5.02 Å². The number of halogens is 1. The van der Waals surface area contributed by atoms with Gasteiger partial charge in [-0.1, -0.05) is 11.6 Å². The summed E-state index contributed by atoms with van der Waals surface area (Å²) in [6.07, 6.45) is 3.83. The van der Waals surface area contributed by atoms with Crippen molar-refractivity contribution in [3.8, 4) is 0 Å². The monoisotopic (exact) mass is 348 g/mol. The second-order valence-electron chi connectivity index (χ2n) is 5.22. The Morgan fingerprint density at radius 1 is 1.35 bits per heavy atom. The highest BCUT2D eigenvalue weighted by Crippen LogP contribution is 2.30.